The van der Waals surface area contributed by atoms with Crippen LogP contribution in [0.25, 0.3) is 0 Å². The molecule has 0 heterocycles. The molecule has 0 aliphatic carbocycles. The van der Waals surface area contributed by atoms with E-state index in [1.807, 2.05) is 0 Å². The van der Waals surface area contributed by atoms with Gasteiger partial charge >= 0.3 is 54.9 Å². The Morgan fingerprint density at radius 1 is 0.773 bits per heavy atom. The third-order valence-electron chi connectivity index (χ3n) is 4.07. The van der Waals surface area contributed by atoms with Crippen LogP contribution in [0.1, 0.15) is 103 Å². The number of carboxylic acids is 1. The number of carbonyl (C=O) groups is 1. The molecule has 0 spiro atoms. The molecule has 0 aliphatic heterocycles. The fourth-order valence-corrected chi connectivity index (χ4v) is 2.67. The topological polar surface area (TPSA) is 57.5 Å². The molecule has 130 valence electrons. The van der Waals surface area contributed by atoms with Gasteiger partial charge < -0.3 is 10.2 Å². The van der Waals surface area contributed by atoms with Gasteiger partial charge in [-0.1, -0.05) is 77.6 Å². The molecule has 0 aromatic carbocycles. The number of rotatable bonds is 16. The fourth-order valence-electron chi connectivity index (χ4n) is 2.67. The Labute approximate surface area is 177 Å². The predicted octanol–water partition coefficient (Wildman–Crippen LogP) is 4.39. The second-order valence-corrected chi connectivity index (χ2v) is 6.26. The fraction of sp³-hybridized carbons (Fsp3) is 0.944. The molecule has 0 amide bonds. The molecule has 0 rings (SSSR count). The molecular formula is C18H38BaO3. The van der Waals surface area contributed by atoms with Crippen LogP contribution in [0, 0.1) is 0 Å². The van der Waals surface area contributed by atoms with Crippen molar-refractivity contribution in [1.29, 1.82) is 0 Å². The second-order valence-electron chi connectivity index (χ2n) is 6.26. The number of carboxylic acid groups (broad SMARTS) is 1. The summed E-state index contributed by atoms with van der Waals surface area (Å²) in [7, 11) is 0. The molecule has 1 unspecified atom stereocenters. The Kier molecular flexibility index (Phi) is 23.0. The van der Waals surface area contributed by atoms with Crippen LogP contribution in [0.2, 0.25) is 0 Å². The van der Waals surface area contributed by atoms with Crippen molar-refractivity contribution >= 4 is 54.9 Å². The number of unbranched alkanes of at least 4 members (excludes halogenated alkanes) is 10. The van der Waals surface area contributed by atoms with Crippen molar-refractivity contribution < 1.29 is 15.0 Å². The summed E-state index contributed by atoms with van der Waals surface area (Å²) >= 11 is 0. The molecule has 0 aromatic heterocycles. The van der Waals surface area contributed by atoms with Crippen LogP contribution >= 0.6 is 0 Å². The molecule has 3 nitrogen and oxygen atoms in total. The first kappa shape index (κ1) is 25.2. The minimum absolute atomic E-state index is 0. The van der Waals surface area contributed by atoms with Crippen molar-refractivity contribution in [2.45, 2.75) is 109 Å². The third-order valence-corrected chi connectivity index (χ3v) is 4.07. The summed E-state index contributed by atoms with van der Waals surface area (Å²) in [6, 6.07) is 0. The van der Waals surface area contributed by atoms with Crippen LogP contribution in [-0.2, 0) is 4.79 Å². The number of aliphatic carboxylic acids is 1. The first-order chi connectivity index (χ1) is 10.2. The van der Waals surface area contributed by atoms with Crippen LogP contribution in [0.5, 0.6) is 0 Å². The van der Waals surface area contributed by atoms with Gasteiger partial charge in [-0.25, -0.2) is 0 Å². The predicted molar refractivity (Wildman–Crippen MR) is 97.1 cm³/mol. The van der Waals surface area contributed by atoms with E-state index in [-0.39, 0.29) is 55.0 Å². The van der Waals surface area contributed by atoms with Gasteiger partial charge in [0.2, 0.25) is 0 Å². The number of hydrogen-bond acceptors (Lipinski definition) is 2. The maximum absolute atomic E-state index is 10.3. The monoisotopic (exact) mass is 440 g/mol. The summed E-state index contributed by atoms with van der Waals surface area (Å²) < 4.78 is 0. The Morgan fingerprint density at radius 2 is 1.18 bits per heavy atom. The average molecular weight is 440 g/mol. The molecule has 4 heteroatoms. The molecule has 0 aliphatic rings. The van der Waals surface area contributed by atoms with Crippen LogP contribution in [0.4, 0.5) is 0 Å². The molecule has 2 N–H and O–H groups in total. The zero-order valence-corrected chi connectivity index (χ0v) is 14.0. The van der Waals surface area contributed by atoms with Crippen LogP contribution in [0.3, 0.4) is 0 Å². The average Bonchev–Trinajstić information content (AvgIpc) is 2.45. The number of aliphatic hydroxyl groups is 1. The summed E-state index contributed by atoms with van der Waals surface area (Å²) in [5.74, 6) is -0.678. The van der Waals surface area contributed by atoms with Crippen LogP contribution < -0.4 is 0 Å². The molecule has 0 radical (unpaired) electrons. The van der Waals surface area contributed by atoms with E-state index in [1.54, 1.807) is 0 Å². The van der Waals surface area contributed by atoms with E-state index < -0.39 is 5.97 Å². The van der Waals surface area contributed by atoms with E-state index in [9.17, 15) is 9.90 Å². The van der Waals surface area contributed by atoms with E-state index in [4.69, 9.17) is 5.11 Å². The van der Waals surface area contributed by atoms with Gasteiger partial charge in [0.15, 0.2) is 0 Å². The minimum atomic E-state index is -0.678. The summed E-state index contributed by atoms with van der Waals surface area (Å²) in [5, 5.41) is 18.4. The van der Waals surface area contributed by atoms with Gasteiger partial charge in [0.25, 0.3) is 0 Å². The summed E-state index contributed by atoms with van der Waals surface area (Å²) in [5.41, 5.74) is 0. The summed E-state index contributed by atoms with van der Waals surface area (Å²) in [4.78, 5) is 10.3. The second kappa shape index (κ2) is 20.0. The maximum atomic E-state index is 10.3. The molecule has 0 bridgehead atoms. The third kappa shape index (κ3) is 21.0. The zero-order chi connectivity index (χ0) is 15.8. The van der Waals surface area contributed by atoms with E-state index >= 15 is 0 Å². The van der Waals surface area contributed by atoms with Crippen molar-refractivity contribution in [2.75, 3.05) is 0 Å². The first-order valence-electron chi connectivity index (χ1n) is 9.06. The molecule has 1 atom stereocenters. The Morgan fingerprint density at radius 3 is 1.64 bits per heavy atom. The molecular weight excluding hydrogens is 402 g/mol. The Hall–Kier alpha value is 1.00. The summed E-state index contributed by atoms with van der Waals surface area (Å²) in [6.45, 7) is 2.21. The van der Waals surface area contributed by atoms with E-state index in [0.717, 1.165) is 38.5 Å². The number of hydrogen-bond donors (Lipinski definition) is 2. The van der Waals surface area contributed by atoms with Crippen molar-refractivity contribution in [3.63, 3.8) is 0 Å². The van der Waals surface area contributed by atoms with Gasteiger partial charge in [0, 0.05) is 6.42 Å². The zero-order valence-electron chi connectivity index (χ0n) is 14.0. The molecule has 22 heavy (non-hydrogen) atoms. The van der Waals surface area contributed by atoms with Crippen molar-refractivity contribution in [1.82, 2.24) is 0 Å². The molecule has 0 aromatic rings. The van der Waals surface area contributed by atoms with Gasteiger partial charge in [-0.15, -0.1) is 0 Å². The van der Waals surface area contributed by atoms with Gasteiger partial charge in [0.05, 0.1) is 6.10 Å². The van der Waals surface area contributed by atoms with Gasteiger partial charge in [0.1, 0.15) is 0 Å². The van der Waals surface area contributed by atoms with Gasteiger partial charge in [-0.3, -0.25) is 4.79 Å². The van der Waals surface area contributed by atoms with E-state index in [0.29, 0.717) is 6.42 Å². The van der Waals surface area contributed by atoms with Crippen LogP contribution in [0.15, 0.2) is 0 Å². The number of aliphatic hydroxyl groups excluding tert-OH is 1. The Balaban J connectivity index is 0. The first-order valence-corrected chi connectivity index (χ1v) is 9.06. The van der Waals surface area contributed by atoms with Crippen molar-refractivity contribution in [2.24, 2.45) is 0 Å². The quantitative estimate of drug-likeness (QED) is 0.277. The normalized spacial score (nSPS) is 11.9. The van der Waals surface area contributed by atoms with E-state index in [2.05, 4.69) is 6.92 Å². The van der Waals surface area contributed by atoms with Crippen molar-refractivity contribution in [3.8, 4) is 0 Å². The van der Waals surface area contributed by atoms with Gasteiger partial charge in [-0.05, 0) is 19.3 Å². The van der Waals surface area contributed by atoms with E-state index in [1.165, 1.54) is 51.4 Å². The molecule has 0 fully saturated rings. The Bertz CT molecular complexity index is 234. The SMILES string of the molecule is CCCCCCC(O)CCCCCCCCCCC(=O)O.[BaH2]. The summed E-state index contributed by atoms with van der Waals surface area (Å²) in [6.07, 6.45) is 16.3. The molecule has 0 saturated carbocycles. The molecule has 0 saturated heterocycles. The van der Waals surface area contributed by atoms with Gasteiger partial charge in [-0.2, -0.15) is 0 Å². The van der Waals surface area contributed by atoms with Crippen LogP contribution in [-0.4, -0.2) is 71.2 Å². The standard InChI is InChI=1S/C18H36O3.Ba.2H/c1-2-3-4-11-14-17(19)15-12-9-7-5-6-8-10-13-16-18(20)21;;;/h17,19H,2-16H2,1H3,(H,20,21);;;. The van der Waals surface area contributed by atoms with Crippen molar-refractivity contribution in [3.05, 3.63) is 0 Å².